The van der Waals surface area contributed by atoms with E-state index < -0.39 is 30.2 Å². The summed E-state index contributed by atoms with van der Waals surface area (Å²) in [6.45, 7) is 2.96. The lowest BCUT2D eigenvalue weighted by Crippen LogP contribution is -2.22. The predicted octanol–water partition coefficient (Wildman–Crippen LogP) is 3.60. The molecule has 1 N–H and O–H groups in total. The third kappa shape index (κ3) is 6.43. The number of amides is 1. The van der Waals surface area contributed by atoms with Crippen molar-refractivity contribution in [3.8, 4) is 5.75 Å². The highest BCUT2D eigenvalue weighted by molar-refractivity contribution is 7.13. The van der Waals surface area contributed by atoms with E-state index in [1.165, 1.54) is 7.11 Å². The quantitative estimate of drug-likeness (QED) is 0.507. The standard InChI is InChI=1S/C18H19F3N2O5S/c1-10-16(29-11(2)22-10)17(25)28-9-15(24)23-13-8-12(18(19,20)21)4-5-14(13)27-7-6-26-3/h4-5,8H,6-7,9H2,1-3H3,(H,23,24). The van der Waals surface area contributed by atoms with E-state index in [1.54, 1.807) is 13.8 Å². The summed E-state index contributed by atoms with van der Waals surface area (Å²) in [5.74, 6) is -1.51. The van der Waals surface area contributed by atoms with Crippen molar-refractivity contribution in [1.29, 1.82) is 0 Å². The minimum atomic E-state index is -4.60. The molecule has 1 amide bonds. The van der Waals surface area contributed by atoms with Gasteiger partial charge in [0.05, 0.1) is 28.6 Å². The maximum Gasteiger partial charge on any atom is 0.416 e. The molecule has 11 heteroatoms. The Morgan fingerprint density at radius 3 is 2.52 bits per heavy atom. The lowest BCUT2D eigenvalue weighted by molar-refractivity contribution is -0.137. The number of methoxy groups -OCH3 is 1. The maximum atomic E-state index is 13.0. The summed E-state index contributed by atoms with van der Waals surface area (Å²) >= 11 is 1.12. The number of nitrogens with zero attached hydrogens (tertiary/aromatic N) is 1. The van der Waals surface area contributed by atoms with Crippen molar-refractivity contribution < 1.29 is 37.0 Å². The highest BCUT2D eigenvalue weighted by Gasteiger charge is 2.31. The van der Waals surface area contributed by atoms with E-state index in [4.69, 9.17) is 14.2 Å². The lowest BCUT2D eigenvalue weighted by atomic mass is 10.1. The Balaban J connectivity index is 2.08. The molecular weight excluding hydrogens is 413 g/mol. The topological polar surface area (TPSA) is 86.8 Å². The highest BCUT2D eigenvalue weighted by atomic mass is 32.1. The Kier molecular flexibility index (Phi) is 7.57. The number of carbonyl (C=O) groups is 2. The highest BCUT2D eigenvalue weighted by Crippen LogP contribution is 2.35. The second-order valence-electron chi connectivity index (χ2n) is 5.82. The van der Waals surface area contributed by atoms with Crippen molar-refractivity contribution in [1.82, 2.24) is 4.98 Å². The molecule has 0 atom stereocenters. The van der Waals surface area contributed by atoms with Crippen LogP contribution >= 0.6 is 11.3 Å². The van der Waals surface area contributed by atoms with Gasteiger partial charge in [-0.1, -0.05) is 0 Å². The van der Waals surface area contributed by atoms with Gasteiger partial charge in [-0.05, 0) is 32.0 Å². The smallest absolute Gasteiger partial charge is 0.416 e. The molecule has 29 heavy (non-hydrogen) atoms. The molecule has 2 aromatic rings. The predicted molar refractivity (Wildman–Crippen MR) is 99.3 cm³/mol. The summed E-state index contributed by atoms with van der Waals surface area (Å²) in [7, 11) is 1.44. The van der Waals surface area contributed by atoms with Gasteiger partial charge in [0.1, 0.15) is 17.2 Å². The van der Waals surface area contributed by atoms with Crippen LogP contribution in [0.4, 0.5) is 18.9 Å². The number of aryl methyl sites for hydroxylation is 2. The molecule has 1 heterocycles. The van der Waals surface area contributed by atoms with Gasteiger partial charge in [0.15, 0.2) is 6.61 Å². The first kappa shape index (κ1) is 22.6. The van der Waals surface area contributed by atoms with Crippen LogP contribution in [0.25, 0.3) is 0 Å². The van der Waals surface area contributed by atoms with Gasteiger partial charge in [0, 0.05) is 7.11 Å². The fraction of sp³-hybridized carbons (Fsp3) is 0.389. The number of carbonyl (C=O) groups excluding carboxylic acids is 2. The summed E-state index contributed by atoms with van der Waals surface area (Å²) in [4.78, 5) is 28.5. The number of alkyl halides is 3. The van der Waals surface area contributed by atoms with Crippen LogP contribution in [0.1, 0.15) is 25.9 Å². The van der Waals surface area contributed by atoms with Gasteiger partial charge >= 0.3 is 12.1 Å². The molecule has 0 aliphatic carbocycles. The maximum absolute atomic E-state index is 13.0. The molecule has 2 rings (SSSR count). The number of nitrogens with one attached hydrogen (secondary N) is 1. The molecule has 0 fully saturated rings. The molecular formula is C18H19F3N2O5S. The van der Waals surface area contributed by atoms with Crippen molar-refractivity contribution in [3.63, 3.8) is 0 Å². The number of hydrogen-bond acceptors (Lipinski definition) is 7. The van der Waals surface area contributed by atoms with E-state index >= 15 is 0 Å². The number of aromatic nitrogens is 1. The van der Waals surface area contributed by atoms with Crippen LogP contribution in [-0.2, 0) is 20.4 Å². The lowest BCUT2D eigenvalue weighted by Gasteiger charge is -2.15. The molecule has 0 unspecified atom stereocenters. The van der Waals surface area contributed by atoms with Gasteiger partial charge in [-0.2, -0.15) is 13.2 Å². The van der Waals surface area contributed by atoms with Crippen LogP contribution in [0.15, 0.2) is 18.2 Å². The molecule has 0 spiro atoms. The number of esters is 1. The van der Waals surface area contributed by atoms with Crippen LogP contribution in [0.2, 0.25) is 0 Å². The minimum Gasteiger partial charge on any atom is -0.489 e. The van der Waals surface area contributed by atoms with Crippen molar-refractivity contribution in [3.05, 3.63) is 39.3 Å². The van der Waals surface area contributed by atoms with Gasteiger partial charge in [-0.25, -0.2) is 9.78 Å². The largest absolute Gasteiger partial charge is 0.489 e. The van der Waals surface area contributed by atoms with Crippen LogP contribution in [-0.4, -0.2) is 43.8 Å². The van der Waals surface area contributed by atoms with E-state index in [-0.39, 0.29) is 29.5 Å². The fourth-order valence-electron chi connectivity index (χ4n) is 2.27. The molecule has 7 nitrogen and oxygen atoms in total. The number of benzene rings is 1. The van der Waals surface area contributed by atoms with Gasteiger partial charge in [-0.15, -0.1) is 11.3 Å². The fourth-order valence-corrected chi connectivity index (χ4v) is 3.08. The number of anilines is 1. The van der Waals surface area contributed by atoms with Crippen molar-refractivity contribution in [2.24, 2.45) is 0 Å². The van der Waals surface area contributed by atoms with Gasteiger partial charge in [0.25, 0.3) is 5.91 Å². The monoisotopic (exact) mass is 432 g/mol. The SMILES string of the molecule is COCCOc1ccc(C(F)(F)F)cc1NC(=O)COC(=O)c1sc(C)nc1C. The Morgan fingerprint density at radius 2 is 1.93 bits per heavy atom. The van der Waals surface area contributed by atoms with E-state index in [1.807, 2.05) is 0 Å². The zero-order valence-electron chi connectivity index (χ0n) is 15.9. The molecule has 0 aliphatic rings. The van der Waals surface area contributed by atoms with Crippen LogP contribution in [0.3, 0.4) is 0 Å². The third-order valence-corrected chi connectivity index (χ3v) is 4.60. The first-order chi connectivity index (χ1) is 13.6. The normalized spacial score (nSPS) is 11.2. The van der Waals surface area contributed by atoms with Crippen molar-refractivity contribution in [2.75, 3.05) is 32.2 Å². The van der Waals surface area contributed by atoms with Crippen molar-refractivity contribution in [2.45, 2.75) is 20.0 Å². The Morgan fingerprint density at radius 1 is 1.21 bits per heavy atom. The van der Waals surface area contributed by atoms with E-state index in [0.717, 1.165) is 29.5 Å². The van der Waals surface area contributed by atoms with Gasteiger partial charge < -0.3 is 19.5 Å². The first-order valence-corrected chi connectivity index (χ1v) is 9.17. The Labute approximate surface area is 168 Å². The first-order valence-electron chi connectivity index (χ1n) is 8.35. The van der Waals surface area contributed by atoms with Crippen LogP contribution in [0.5, 0.6) is 5.75 Å². The number of rotatable bonds is 8. The van der Waals surface area contributed by atoms with E-state index in [9.17, 15) is 22.8 Å². The second-order valence-corrected chi connectivity index (χ2v) is 7.02. The molecule has 0 saturated carbocycles. The Hall–Kier alpha value is -2.66. The van der Waals surface area contributed by atoms with Gasteiger partial charge in [0.2, 0.25) is 0 Å². The number of hydrogen-bond donors (Lipinski definition) is 1. The summed E-state index contributed by atoms with van der Waals surface area (Å²) in [6, 6.07) is 2.69. The Bertz CT molecular complexity index is 883. The van der Waals surface area contributed by atoms with E-state index in [0.29, 0.717) is 10.7 Å². The summed E-state index contributed by atoms with van der Waals surface area (Å²) in [5.41, 5.74) is -0.675. The molecule has 0 aliphatic heterocycles. The van der Waals surface area contributed by atoms with Crippen LogP contribution in [0, 0.1) is 13.8 Å². The summed E-state index contributed by atoms with van der Waals surface area (Å²) in [5, 5.41) is 2.95. The average Bonchev–Trinajstić information content (AvgIpc) is 2.98. The average molecular weight is 432 g/mol. The molecule has 0 radical (unpaired) electrons. The second kappa shape index (κ2) is 9.70. The van der Waals surface area contributed by atoms with E-state index in [2.05, 4.69) is 10.3 Å². The zero-order chi connectivity index (χ0) is 21.6. The summed E-state index contributed by atoms with van der Waals surface area (Å²) < 4.78 is 54.0. The molecule has 1 aromatic carbocycles. The number of halogens is 3. The third-order valence-electron chi connectivity index (χ3n) is 3.55. The number of ether oxygens (including phenoxy) is 3. The summed E-state index contributed by atoms with van der Waals surface area (Å²) in [6.07, 6.45) is -4.60. The van der Waals surface area contributed by atoms with Gasteiger partial charge in [-0.3, -0.25) is 4.79 Å². The molecule has 0 saturated heterocycles. The zero-order valence-corrected chi connectivity index (χ0v) is 16.7. The molecule has 158 valence electrons. The minimum absolute atomic E-state index is 0.0312. The molecule has 0 bridgehead atoms. The van der Waals surface area contributed by atoms with Crippen molar-refractivity contribution >= 4 is 28.9 Å². The number of thiazole rings is 1. The molecule has 1 aromatic heterocycles. The van der Waals surface area contributed by atoms with Crippen LogP contribution < -0.4 is 10.1 Å².